The Hall–Kier alpha value is -3.13. The van der Waals surface area contributed by atoms with Crippen LogP contribution in [0.15, 0.2) is 102 Å². The number of aliphatic hydroxyl groups is 1. The zero-order chi connectivity index (χ0) is 26.3. The van der Waals surface area contributed by atoms with Crippen LogP contribution in [0.3, 0.4) is 0 Å². The third-order valence-electron chi connectivity index (χ3n) is 6.76. The zero-order valence-electron chi connectivity index (χ0n) is 21.5. The minimum Gasteiger partial charge on any atom is -0.496 e. The molecule has 5 rings (SSSR count). The van der Waals surface area contributed by atoms with E-state index in [1.807, 2.05) is 60.7 Å². The van der Waals surface area contributed by atoms with Crippen LogP contribution in [0.25, 0.3) is 11.1 Å². The molecule has 0 bridgehead atoms. The highest BCUT2D eigenvalue weighted by atomic mass is 32.2. The second kappa shape index (κ2) is 12.6. The van der Waals surface area contributed by atoms with Crippen LogP contribution in [0.2, 0.25) is 0 Å². The normalized spacial score (nSPS) is 19.3. The van der Waals surface area contributed by atoms with Crippen molar-refractivity contribution in [2.45, 2.75) is 43.0 Å². The molecule has 0 aromatic heterocycles. The van der Waals surface area contributed by atoms with Crippen molar-refractivity contribution in [2.75, 3.05) is 12.9 Å². The van der Waals surface area contributed by atoms with Crippen molar-refractivity contribution in [2.24, 2.45) is 5.73 Å². The highest BCUT2D eigenvalue weighted by Crippen LogP contribution is 2.41. The summed E-state index contributed by atoms with van der Waals surface area (Å²) in [5.41, 5.74) is 12.1. The largest absolute Gasteiger partial charge is 0.496 e. The van der Waals surface area contributed by atoms with Crippen molar-refractivity contribution in [1.82, 2.24) is 0 Å². The molecular weight excluding hydrogens is 494 g/mol. The van der Waals surface area contributed by atoms with Gasteiger partial charge in [-0.1, -0.05) is 72.8 Å². The maximum absolute atomic E-state index is 9.47. The Bertz CT molecular complexity index is 1340. The Balaban J connectivity index is 1.41. The summed E-state index contributed by atoms with van der Waals surface area (Å²) in [5, 5.41) is 9.47. The molecule has 1 heterocycles. The van der Waals surface area contributed by atoms with Crippen LogP contribution >= 0.6 is 11.8 Å². The second-order valence-electron chi connectivity index (χ2n) is 9.34. The highest BCUT2D eigenvalue weighted by Gasteiger charge is 2.32. The molecule has 5 nitrogen and oxygen atoms in total. The molecule has 3 N–H and O–H groups in total. The van der Waals surface area contributed by atoms with Gasteiger partial charge in [0.1, 0.15) is 5.75 Å². The first kappa shape index (κ1) is 26.5. The standard InChI is InChI=1S/C32H33NO4S/c1-35-29-10-2-3-11-31(29)38-21-28-18-30(24-14-12-22(20-34)13-15-24)37-32(36-28)27-9-5-8-26(17-27)25-7-4-6-23(16-25)19-33/h2-17,28,30,32,34H,18-21,33H2,1H3/t28-,30+,32+/m0/s1. The van der Waals surface area contributed by atoms with Crippen molar-refractivity contribution >= 4 is 11.8 Å². The van der Waals surface area contributed by atoms with E-state index in [0.29, 0.717) is 6.54 Å². The molecule has 1 fully saturated rings. The molecule has 38 heavy (non-hydrogen) atoms. The minimum atomic E-state index is -0.507. The Labute approximate surface area is 228 Å². The first-order valence-corrected chi connectivity index (χ1v) is 13.8. The minimum absolute atomic E-state index is 0.0217. The van der Waals surface area contributed by atoms with Crippen LogP contribution in [0.4, 0.5) is 0 Å². The van der Waals surface area contributed by atoms with Crippen LogP contribution in [-0.2, 0) is 22.6 Å². The van der Waals surface area contributed by atoms with E-state index in [-0.39, 0.29) is 18.8 Å². The number of methoxy groups -OCH3 is 1. The van der Waals surface area contributed by atoms with Gasteiger partial charge in [0.25, 0.3) is 0 Å². The molecule has 0 unspecified atom stereocenters. The maximum atomic E-state index is 9.47. The number of nitrogens with two attached hydrogens (primary N) is 1. The summed E-state index contributed by atoms with van der Waals surface area (Å²) in [6.45, 7) is 0.526. The summed E-state index contributed by atoms with van der Waals surface area (Å²) < 4.78 is 18.7. The number of para-hydroxylation sites is 1. The molecule has 196 valence electrons. The van der Waals surface area contributed by atoms with E-state index >= 15 is 0 Å². The lowest BCUT2D eigenvalue weighted by molar-refractivity contribution is -0.245. The number of rotatable bonds is 9. The van der Waals surface area contributed by atoms with Gasteiger partial charge in [-0.2, -0.15) is 0 Å². The average molecular weight is 528 g/mol. The first-order valence-electron chi connectivity index (χ1n) is 12.8. The van der Waals surface area contributed by atoms with Crippen molar-refractivity contribution in [3.05, 3.63) is 119 Å². The number of aliphatic hydroxyl groups excluding tert-OH is 1. The van der Waals surface area contributed by atoms with Crippen molar-refractivity contribution in [1.29, 1.82) is 0 Å². The summed E-state index contributed by atoms with van der Waals surface area (Å²) in [5.74, 6) is 1.63. The van der Waals surface area contributed by atoms with Crippen LogP contribution < -0.4 is 10.5 Å². The van der Waals surface area contributed by atoms with Crippen molar-refractivity contribution in [3.8, 4) is 16.9 Å². The fraction of sp³-hybridized carbons (Fsp3) is 0.250. The third kappa shape index (κ3) is 6.29. The summed E-state index contributed by atoms with van der Waals surface area (Å²) in [6.07, 6.45) is 0.0617. The SMILES string of the molecule is COc1ccccc1SC[C@@H]1C[C@H](c2ccc(CO)cc2)O[C@H](c2cccc(-c3cccc(CN)c3)c2)O1. The van der Waals surface area contributed by atoms with E-state index in [1.54, 1.807) is 18.9 Å². The van der Waals surface area contributed by atoms with E-state index in [1.165, 1.54) is 0 Å². The lowest BCUT2D eigenvalue weighted by atomic mass is 9.99. The van der Waals surface area contributed by atoms with Crippen LogP contribution in [0.5, 0.6) is 5.75 Å². The van der Waals surface area contributed by atoms with Crippen LogP contribution in [-0.4, -0.2) is 24.1 Å². The molecule has 0 saturated carbocycles. The van der Waals surface area contributed by atoms with Crippen LogP contribution in [0.1, 0.15) is 41.1 Å². The molecule has 4 aromatic carbocycles. The van der Waals surface area contributed by atoms with Gasteiger partial charge in [0.05, 0.1) is 25.9 Å². The van der Waals surface area contributed by atoms with Crippen molar-refractivity contribution < 1.29 is 19.3 Å². The van der Waals surface area contributed by atoms with Gasteiger partial charge in [-0.05, 0) is 52.1 Å². The van der Waals surface area contributed by atoms with Gasteiger partial charge in [0.2, 0.25) is 0 Å². The van der Waals surface area contributed by atoms with Crippen molar-refractivity contribution in [3.63, 3.8) is 0 Å². The fourth-order valence-corrected chi connectivity index (χ4v) is 5.73. The molecule has 1 aliphatic rings. The van der Waals surface area contributed by atoms with E-state index in [9.17, 15) is 5.11 Å². The van der Waals surface area contributed by atoms with Gasteiger partial charge in [0.15, 0.2) is 6.29 Å². The van der Waals surface area contributed by atoms with E-state index in [0.717, 1.165) is 56.2 Å². The van der Waals surface area contributed by atoms with Gasteiger partial charge in [-0.15, -0.1) is 11.8 Å². The lowest BCUT2D eigenvalue weighted by Gasteiger charge is -2.36. The number of hydrogen-bond acceptors (Lipinski definition) is 6. The molecule has 6 heteroatoms. The third-order valence-corrected chi connectivity index (χ3v) is 7.95. The molecule has 1 saturated heterocycles. The molecule has 0 spiro atoms. The first-order chi connectivity index (χ1) is 18.7. The van der Waals surface area contributed by atoms with Crippen LogP contribution in [0, 0.1) is 0 Å². The fourth-order valence-electron chi connectivity index (χ4n) is 4.69. The predicted octanol–water partition coefficient (Wildman–Crippen LogP) is 6.65. The number of thioether (sulfide) groups is 1. The highest BCUT2D eigenvalue weighted by molar-refractivity contribution is 7.99. The summed E-state index contributed by atoms with van der Waals surface area (Å²) in [7, 11) is 1.70. The Kier molecular flexibility index (Phi) is 8.79. The molecular formula is C32H33NO4S. The van der Waals surface area contributed by atoms with Gasteiger partial charge >= 0.3 is 0 Å². The maximum Gasteiger partial charge on any atom is 0.184 e. The number of ether oxygens (including phenoxy) is 3. The summed E-state index contributed by atoms with van der Waals surface area (Å²) in [6, 6.07) is 32.7. The molecule has 0 radical (unpaired) electrons. The summed E-state index contributed by atoms with van der Waals surface area (Å²) in [4.78, 5) is 1.09. The molecule has 0 aliphatic carbocycles. The average Bonchev–Trinajstić information content (AvgIpc) is 3.00. The Morgan fingerprint density at radius 3 is 2.37 bits per heavy atom. The summed E-state index contributed by atoms with van der Waals surface area (Å²) >= 11 is 1.73. The smallest absolute Gasteiger partial charge is 0.184 e. The predicted molar refractivity (Wildman–Crippen MR) is 152 cm³/mol. The second-order valence-corrected chi connectivity index (χ2v) is 10.4. The topological polar surface area (TPSA) is 73.9 Å². The van der Waals surface area contributed by atoms with Gasteiger partial charge in [-0.25, -0.2) is 0 Å². The lowest BCUT2D eigenvalue weighted by Crippen LogP contribution is -2.31. The van der Waals surface area contributed by atoms with E-state index in [4.69, 9.17) is 19.9 Å². The van der Waals surface area contributed by atoms with E-state index < -0.39 is 6.29 Å². The number of hydrogen-bond donors (Lipinski definition) is 2. The molecule has 1 aliphatic heterocycles. The Morgan fingerprint density at radius 1 is 0.842 bits per heavy atom. The zero-order valence-corrected chi connectivity index (χ0v) is 22.3. The van der Waals surface area contributed by atoms with E-state index in [2.05, 4.69) is 36.4 Å². The Morgan fingerprint density at radius 2 is 1.61 bits per heavy atom. The van der Waals surface area contributed by atoms with Gasteiger partial charge in [0, 0.05) is 29.2 Å². The van der Waals surface area contributed by atoms with Gasteiger partial charge < -0.3 is 25.1 Å². The number of benzene rings is 4. The molecule has 3 atom stereocenters. The monoisotopic (exact) mass is 527 g/mol. The molecule has 4 aromatic rings. The quantitative estimate of drug-likeness (QED) is 0.237. The molecule has 0 amide bonds. The van der Waals surface area contributed by atoms with Gasteiger partial charge in [-0.3, -0.25) is 0 Å².